The second-order valence-electron chi connectivity index (χ2n) is 1.68. The van der Waals surface area contributed by atoms with Gasteiger partial charge in [-0.25, -0.2) is 0 Å². The molecule has 0 aliphatic carbocycles. The van der Waals surface area contributed by atoms with Crippen molar-refractivity contribution in [3.8, 4) is 12.3 Å². The largest absolute Gasteiger partial charge is 0.480 e. The molecule has 1 heterocycles. The van der Waals surface area contributed by atoms with E-state index in [0.29, 0.717) is 0 Å². The first-order valence-corrected chi connectivity index (χ1v) is 2.68. The van der Waals surface area contributed by atoms with Crippen molar-refractivity contribution in [3.05, 3.63) is 5.82 Å². The minimum atomic E-state index is -1.04. The fraction of sp³-hybridized carbons (Fsp3) is 0.200. The lowest BCUT2D eigenvalue weighted by Gasteiger charge is -1.87. The summed E-state index contributed by atoms with van der Waals surface area (Å²) in [6.07, 6.45) is 4.92. The van der Waals surface area contributed by atoms with Gasteiger partial charge in [-0.1, -0.05) is 5.10 Å². The number of rotatable bonds is 2. The van der Waals surface area contributed by atoms with Crippen LogP contribution in [0.15, 0.2) is 0 Å². The number of aromatic nitrogens is 4. The first-order valence-electron chi connectivity index (χ1n) is 2.68. The van der Waals surface area contributed by atoms with Gasteiger partial charge < -0.3 is 5.11 Å². The molecule has 0 fully saturated rings. The van der Waals surface area contributed by atoms with Crippen LogP contribution in [0.25, 0.3) is 0 Å². The number of carboxylic acid groups (broad SMARTS) is 1. The summed E-state index contributed by atoms with van der Waals surface area (Å²) in [6, 6.07) is 0. The van der Waals surface area contributed by atoms with Crippen LogP contribution in [0, 0.1) is 12.3 Å². The quantitative estimate of drug-likeness (QED) is 0.535. The van der Waals surface area contributed by atoms with Gasteiger partial charge in [0, 0.05) is 0 Å². The van der Waals surface area contributed by atoms with E-state index in [1.54, 1.807) is 0 Å². The van der Waals surface area contributed by atoms with Gasteiger partial charge >= 0.3 is 5.97 Å². The van der Waals surface area contributed by atoms with Crippen LogP contribution in [0.5, 0.6) is 0 Å². The molecule has 0 saturated carbocycles. The van der Waals surface area contributed by atoms with Gasteiger partial charge in [0.25, 0.3) is 0 Å². The number of nitrogens with zero attached hydrogens (tertiary/aromatic N) is 4. The fourth-order valence-corrected chi connectivity index (χ4v) is 0.489. The van der Waals surface area contributed by atoms with Crippen LogP contribution in [0.3, 0.4) is 0 Å². The van der Waals surface area contributed by atoms with Gasteiger partial charge in [-0.05, 0) is 11.1 Å². The fourth-order valence-electron chi connectivity index (χ4n) is 0.489. The van der Waals surface area contributed by atoms with Gasteiger partial charge in [0.2, 0.25) is 5.82 Å². The van der Waals surface area contributed by atoms with Crippen LogP contribution < -0.4 is 0 Å². The lowest BCUT2D eigenvalue weighted by atomic mass is 10.7. The van der Waals surface area contributed by atoms with Crippen LogP contribution in [-0.2, 0) is 11.3 Å². The highest BCUT2D eigenvalue weighted by molar-refractivity contribution is 5.66. The molecule has 0 saturated heterocycles. The van der Waals surface area contributed by atoms with Gasteiger partial charge in [0.15, 0.2) is 6.54 Å². The Morgan fingerprint density at radius 3 is 3.00 bits per heavy atom. The van der Waals surface area contributed by atoms with E-state index in [-0.39, 0.29) is 12.4 Å². The third-order valence-corrected chi connectivity index (χ3v) is 0.859. The minimum absolute atomic E-state index is 0.0891. The van der Waals surface area contributed by atoms with Crippen molar-refractivity contribution in [2.24, 2.45) is 0 Å². The zero-order chi connectivity index (χ0) is 8.27. The summed E-state index contributed by atoms with van der Waals surface area (Å²) < 4.78 is 0. The average molecular weight is 152 g/mol. The van der Waals surface area contributed by atoms with Crippen LogP contribution in [0.1, 0.15) is 5.82 Å². The Bertz CT molecular complexity index is 311. The molecular formula is C5H4N4O2. The SMILES string of the molecule is C#Cc1nnn(CC(=O)O)n1. The van der Waals surface area contributed by atoms with Gasteiger partial charge in [0.1, 0.15) is 0 Å². The smallest absolute Gasteiger partial charge is 0.327 e. The molecule has 0 atom stereocenters. The van der Waals surface area contributed by atoms with Crippen molar-refractivity contribution >= 4 is 5.97 Å². The molecule has 1 rings (SSSR count). The first-order chi connectivity index (χ1) is 5.22. The van der Waals surface area contributed by atoms with Crippen molar-refractivity contribution in [1.82, 2.24) is 20.2 Å². The number of aliphatic carboxylic acids is 1. The molecule has 1 aromatic heterocycles. The van der Waals surface area contributed by atoms with Crippen LogP contribution in [-0.4, -0.2) is 31.3 Å². The average Bonchev–Trinajstić information content (AvgIpc) is 2.34. The molecule has 0 aromatic carbocycles. The molecular weight excluding hydrogens is 148 g/mol. The molecule has 0 amide bonds. The Balaban J connectivity index is 2.75. The van der Waals surface area contributed by atoms with Gasteiger partial charge in [0.05, 0.1) is 0 Å². The van der Waals surface area contributed by atoms with Crippen molar-refractivity contribution in [3.63, 3.8) is 0 Å². The van der Waals surface area contributed by atoms with Crippen molar-refractivity contribution in [2.45, 2.75) is 6.54 Å². The Hall–Kier alpha value is -1.90. The number of tetrazole rings is 1. The van der Waals surface area contributed by atoms with E-state index in [4.69, 9.17) is 11.5 Å². The molecule has 0 aliphatic heterocycles. The van der Waals surface area contributed by atoms with E-state index in [1.807, 2.05) is 0 Å². The second-order valence-corrected chi connectivity index (χ2v) is 1.68. The first kappa shape index (κ1) is 7.21. The highest BCUT2D eigenvalue weighted by Gasteiger charge is 2.02. The van der Waals surface area contributed by atoms with Gasteiger partial charge in [-0.2, -0.15) is 4.80 Å². The standard InChI is InChI=1S/C5H4N4O2/c1-2-4-6-8-9(7-4)3-5(10)11/h1H,3H2,(H,10,11). The highest BCUT2D eigenvalue weighted by Crippen LogP contribution is 1.81. The maximum Gasteiger partial charge on any atom is 0.327 e. The predicted octanol–water partition coefficient (Wildman–Crippen LogP) is -1.26. The summed E-state index contributed by atoms with van der Waals surface area (Å²) in [5.41, 5.74) is 0. The Morgan fingerprint density at radius 2 is 2.55 bits per heavy atom. The minimum Gasteiger partial charge on any atom is -0.480 e. The lowest BCUT2D eigenvalue weighted by Crippen LogP contribution is -2.11. The van der Waals surface area contributed by atoms with Crippen LogP contribution in [0.4, 0.5) is 0 Å². The predicted molar refractivity (Wildman–Crippen MR) is 33.4 cm³/mol. The maximum absolute atomic E-state index is 10.1. The molecule has 11 heavy (non-hydrogen) atoms. The normalized spacial score (nSPS) is 9.00. The summed E-state index contributed by atoms with van der Waals surface area (Å²) in [5, 5.41) is 18.6. The lowest BCUT2D eigenvalue weighted by molar-refractivity contribution is -0.138. The Morgan fingerprint density at radius 1 is 1.82 bits per heavy atom. The van der Waals surface area contributed by atoms with E-state index in [0.717, 1.165) is 4.80 Å². The summed E-state index contributed by atoms with van der Waals surface area (Å²) in [5.74, 6) is 1.18. The number of terminal acetylenes is 1. The number of hydrogen-bond acceptors (Lipinski definition) is 4. The maximum atomic E-state index is 10.1. The van der Waals surface area contributed by atoms with E-state index >= 15 is 0 Å². The summed E-state index contributed by atoms with van der Waals surface area (Å²) in [6.45, 7) is -0.325. The molecule has 0 radical (unpaired) electrons. The number of hydrogen-bond donors (Lipinski definition) is 1. The zero-order valence-corrected chi connectivity index (χ0v) is 5.43. The van der Waals surface area contributed by atoms with Gasteiger partial charge in [-0.15, -0.1) is 11.5 Å². The molecule has 0 spiro atoms. The number of carbonyl (C=O) groups is 1. The third-order valence-electron chi connectivity index (χ3n) is 0.859. The topological polar surface area (TPSA) is 80.9 Å². The van der Waals surface area contributed by atoms with Crippen LogP contribution >= 0.6 is 0 Å². The molecule has 1 aromatic rings. The van der Waals surface area contributed by atoms with Crippen LogP contribution in [0.2, 0.25) is 0 Å². The molecule has 0 unspecified atom stereocenters. The van der Waals surface area contributed by atoms with E-state index in [1.165, 1.54) is 0 Å². The van der Waals surface area contributed by atoms with Gasteiger partial charge in [-0.3, -0.25) is 4.79 Å². The van der Waals surface area contributed by atoms with Crippen molar-refractivity contribution in [2.75, 3.05) is 0 Å². The van der Waals surface area contributed by atoms with E-state index in [2.05, 4.69) is 21.3 Å². The van der Waals surface area contributed by atoms with Crippen molar-refractivity contribution < 1.29 is 9.90 Å². The highest BCUT2D eigenvalue weighted by atomic mass is 16.4. The summed E-state index contributed by atoms with van der Waals surface area (Å²) in [4.78, 5) is 11.0. The molecule has 6 heteroatoms. The third kappa shape index (κ3) is 1.76. The van der Waals surface area contributed by atoms with E-state index in [9.17, 15) is 4.79 Å². The molecule has 6 nitrogen and oxygen atoms in total. The second kappa shape index (κ2) is 2.79. The zero-order valence-electron chi connectivity index (χ0n) is 5.43. The van der Waals surface area contributed by atoms with E-state index < -0.39 is 5.97 Å². The molecule has 1 N–H and O–H groups in total. The molecule has 0 bridgehead atoms. The Labute approximate surface area is 61.8 Å². The Kier molecular flexibility index (Phi) is 1.83. The summed E-state index contributed by atoms with van der Waals surface area (Å²) >= 11 is 0. The monoisotopic (exact) mass is 152 g/mol. The number of carboxylic acids is 1. The molecule has 56 valence electrons. The molecule has 0 aliphatic rings. The summed E-state index contributed by atoms with van der Waals surface area (Å²) in [7, 11) is 0. The van der Waals surface area contributed by atoms with Crippen molar-refractivity contribution in [1.29, 1.82) is 0 Å².